The third-order valence-electron chi connectivity index (χ3n) is 4.62. The van der Waals surface area contributed by atoms with Gasteiger partial charge in [-0.15, -0.1) is 5.10 Å². The molecular formula is C14H25N5O2. The zero-order valence-corrected chi connectivity index (χ0v) is 13.1. The van der Waals surface area contributed by atoms with Crippen LogP contribution in [0.4, 0.5) is 0 Å². The number of hydrogen-bond acceptors (Lipinski definition) is 5. The predicted molar refractivity (Wildman–Crippen MR) is 77.5 cm³/mol. The van der Waals surface area contributed by atoms with E-state index < -0.39 is 0 Å². The maximum atomic E-state index is 12.4. The van der Waals surface area contributed by atoms with Crippen LogP contribution in [0.3, 0.4) is 0 Å². The van der Waals surface area contributed by atoms with Crippen LogP contribution in [0.15, 0.2) is 0 Å². The van der Waals surface area contributed by atoms with E-state index in [2.05, 4.69) is 22.4 Å². The lowest BCUT2D eigenvalue weighted by atomic mass is 9.77. The molecule has 0 aromatic carbocycles. The Morgan fingerprint density at radius 1 is 1.38 bits per heavy atom. The van der Waals surface area contributed by atoms with Crippen LogP contribution in [0.1, 0.15) is 51.8 Å². The molecule has 0 unspecified atom stereocenters. The van der Waals surface area contributed by atoms with E-state index in [1.807, 2.05) is 18.7 Å². The van der Waals surface area contributed by atoms with E-state index in [4.69, 9.17) is 0 Å². The number of carbonyl (C=O) groups excluding carboxylic acids is 1. The molecule has 0 spiro atoms. The van der Waals surface area contributed by atoms with E-state index in [0.717, 1.165) is 25.1 Å². The van der Waals surface area contributed by atoms with Crippen molar-refractivity contribution >= 4 is 5.91 Å². The van der Waals surface area contributed by atoms with Gasteiger partial charge in [0.15, 0.2) is 5.82 Å². The minimum Gasteiger partial charge on any atom is -0.396 e. The van der Waals surface area contributed by atoms with Gasteiger partial charge in [-0.05, 0) is 35.1 Å². The molecular weight excluding hydrogens is 270 g/mol. The quantitative estimate of drug-likeness (QED) is 0.869. The van der Waals surface area contributed by atoms with Crippen LogP contribution in [-0.4, -0.2) is 55.8 Å². The largest absolute Gasteiger partial charge is 0.396 e. The van der Waals surface area contributed by atoms with Crippen molar-refractivity contribution in [2.45, 2.75) is 52.5 Å². The molecule has 21 heavy (non-hydrogen) atoms. The average molecular weight is 295 g/mol. The third kappa shape index (κ3) is 3.40. The van der Waals surface area contributed by atoms with Crippen LogP contribution < -0.4 is 0 Å². The summed E-state index contributed by atoms with van der Waals surface area (Å²) in [6.07, 6.45) is 2.67. The Morgan fingerprint density at radius 2 is 2.05 bits per heavy atom. The van der Waals surface area contributed by atoms with E-state index in [1.54, 1.807) is 4.68 Å². The monoisotopic (exact) mass is 295 g/mol. The Labute approximate surface area is 125 Å². The number of piperidine rings is 1. The van der Waals surface area contributed by atoms with Crippen LogP contribution >= 0.6 is 0 Å². The smallest absolute Gasteiger partial charge is 0.244 e. The first-order chi connectivity index (χ1) is 10.0. The highest BCUT2D eigenvalue weighted by Gasteiger charge is 2.34. The molecule has 1 saturated heterocycles. The van der Waals surface area contributed by atoms with Crippen molar-refractivity contribution in [3.63, 3.8) is 0 Å². The Bertz CT molecular complexity index is 471. The second-order valence-electron chi connectivity index (χ2n) is 6.24. The molecule has 0 saturated carbocycles. The summed E-state index contributed by atoms with van der Waals surface area (Å²) in [5.41, 5.74) is -0.00527. The number of aliphatic hydroxyl groups excluding tert-OH is 1. The lowest BCUT2D eigenvalue weighted by molar-refractivity contribution is -0.135. The van der Waals surface area contributed by atoms with Crippen LogP contribution in [0.5, 0.6) is 0 Å². The summed E-state index contributed by atoms with van der Waals surface area (Å²) in [6.45, 7) is 7.91. The highest BCUT2D eigenvalue weighted by atomic mass is 16.3. The fourth-order valence-corrected chi connectivity index (χ4v) is 2.82. The van der Waals surface area contributed by atoms with Crippen molar-refractivity contribution in [1.82, 2.24) is 25.1 Å². The first-order valence-electron chi connectivity index (χ1n) is 7.66. The molecule has 0 atom stereocenters. The van der Waals surface area contributed by atoms with Crippen molar-refractivity contribution in [1.29, 1.82) is 0 Å². The van der Waals surface area contributed by atoms with Gasteiger partial charge in [-0.1, -0.05) is 20.8 Å². The van der Waals surface area contributed by atoms with Crippen molar-refractivity contribution in [2.75, 3.05) is 19.7 Å². The summed E-state index contributed by atoms with van der Waals surface area (Å²) < 4.78 is 1.58. The summed E-state index contributed by atoms with van der Waals surface area (Å²) in [5, 5.41) is 21.1. The summed E-state index contributed by atoms with van der Waals surface area (Å²) >= 11 is 0. The Morgan fingerprint density at radius 3 is 2.57 bits per heavy atom. The highest BCUT2D eigenvalue weighted by Crippen LogP contribution is 2.34. The standard InChI is InChI=1S/C14H25N5O2/c1-4-14(10-20)5-7-18(8-6-14)12(21)9-19-13(11(2)3)15-16-17-19/h11,20H,4-10H2,1-3H3. The Hall–Kier alpha value is -1.50. The van der Waals surface area contributed by atoms with Gasteiger partial charge in [0.1, 0.15) is 6.54 Å². The molecule has 1 aromatic heterocycles. The van der Waals surface area contributed by atoms with Gasteiger partial charge < -0.3 is 10.0 Å². The van der Waals surface area contributed by atoms with E-state index in [-0.39, 0.29) is 30.4 Å². The molecule has 1 aromatic rings. The van der Waals surface area contributed by atoms with Gasteiger partial charge in [0.25, 0.3) is 0 Å². The van der Waals surface area contributed by atoms with Crippen molar-refractivity contribution < 1.29 is 9.90 Å². The van der Waals surface area contributed by atoms with Crippen LogP contribution in [0.2, 0.25) is 0 Å². The number of nitrogens with zero attached hydrogens (tertiary/aromatic N) is 5. The minimum absolute atomic E-state index is 0.00527. The van der Waals surface area contributed by atoms with Crippen molar-refractivity contribution in [3.8, 4) is 0 Å². The first kappa shape index (κ1) is 15.9. The number of carbonyl (C=O) groups is 1. The first-order valence-corrected chi connectivity index (χ1v) is 7.66. The number of amides is 1. The molecule has 118 valence electrons. The summed E-state index contributed by atoms with van der Waals surface area (Å²) in [5.74, 6) is 0.974. The maximum absolute atomic E-state index is 12.4. The Balaban J connectivity index is 1.95. The molecule has 0 radical (unpaired) electrons. The summed E-state index contributed by atoms with van der Waals surface area (Å²) in [7, 11) is 0. The molecule has 1 aliphatic rings. The summed E-state index contributed by atoms with van der Waals surface area (Å²) in [4.78, 5) is 14.2. The van der Waals surface area contributed by atoms with E-state index in [9.17, 15) is 9.90 Å². The van der Waals surface area contributed by atoms with Gasteiger partial charge in [0.05, 0.1) is 0 Å². The number of aliphatic hydroxyl groups is 1. The molecule has 0 aliphatic carbocycles. The van der Waals surface area contributed by atoms with Crippen LogP contribution in [-0.2, 0) is 11.3 Å². The Kier molecular flexibility index (Phi) is 4.92. The molecule has 2 rings (SSSR count). The highest BCUT2D eigenvalue weighted by molar-refractivity contribution is 5.76. The van der Waals surface area contributed by atoms with Crippen LogP contribution in [0.25, 0.3) is 0 Å². The number of aromatic nitrogens is 4. The van der Waals surface area contributed by atoms with E-state index >= 15 is 0 Å². The van der Waals surface area contributed by atoms with Gasteiger partial charge >= 0.3 is 0 Å². The normalized spacial score (nSPS) is 18.2. The lowest BCUT2D eigenvalue weighted by Crippen LogP contribution is -2.45. The van der Waals surface area contributed by atoms with Gasteiger partial charge in [-0.25, -0.2) is 4.68 Å². The number of likely N-dealkylation sites (tertiary alicyclic amines) is 1. The van der Waals surface area contributed by atoms with Gasteiger partial charge in [-0.3, -0.25) is 4.79 Å². The molecule has 1 amide bonds. The fraction of sp³-hybridized carbons (Fsp3) is 0.857. The molecule has 2 heterocycles. The number of hydrogen-bond donors (Lipinski definition) is 1. The molecule has 1 fully saturated rings. The van der Waals surface area contributed by atoms with Crippen molar-refractivity contribution in [2.24, 2.45) is 5.41 Å². The molecule has 7 heteroatoms. The molecule has 1 aliphatic heterocycles. The second kappa shape index (κ2) is 6.51. The fourth-order valence-electron chi connectivity index (χ4n) is 2.82. The van der Waals surface area contributed by atoms with Crippen molar-refractivity contribution in [3.05, 3.63) is 5.82 Å². The lowest BCUT2D eigenvalue weighted by Gasteiger charge is -2.40. The maximum Gasteiger partial charge on any atom is 0.244 e. The predicted octanol–water partition coefficient (Wildman–Crippen LogP) is 0.808. The third-order valence-corrected chi connectivity index (χ3v) is 4.62. The number of rotatable bonds is 5. The van der Waals surface area contributed by atoms with Crippen LogP contribution in [0, 0.1) is 5.41 Å². The van der Waals surface area contributed by atoms with Gasteiger partial charge in [0.2, 0.25) is 5.91 Å². The van der Waals surface area contributed by atoms with E-state index in [1.165, 1.54) is 0 Å². The van der Waals surface area contributed by atoms with E-state index in [0.29, 0.717) is 13.1 Å². The minimum atomic E-state index is -0.00527. The van der Waals surface area contributed by atoms with Gasteiger partial charge in [0, 0.05) is 25.6 Å². The molecule has 0 bridgehead atoms. The zero-order valence-electron chi connectivity index (χ0n) is 13.1. The SMILES string of the molecule is CCC1(CO)CCN(C(=O)Cn2nnnc2C(C)C)CC1. The second-order valence-corrected chi connectivity index (χ2v) is 6.24. The van der Waals surface area contributed by atoms with Gasteiger partial charge in [-0.2, -0.15) is 0 Å². The molecule has 1 N–H and O–H groups in total. The topological polar surface area (TPSA) is 84.1 Å². The summed E-state index contributed by atoms with van der Waals surface area (Å²) in [6, 6.07) is 0. The zero-order chi connectivity index (χ0) is 15.5. The number of tetrazole rings is 1. The molecule has 7 nitrogen and oxygen atoms in total. The average Bonchev–Trinajstić information content (AvgIpc) is 2.95.